The molecule has 0 spiro atoms. The zero-order chi connectivity index (χ0) is 46.2. The van der Waals surface area contributed by atoms with Crippen LogP contribution in [-0.2, 0) is 24.8 Å². The lowest BCUT2D eigenvalue weighted by atomic mass is 10.0. The first kappa shape index (κ1) is 46.3. The van der Waals surface area contributed by atoms with E-state index in [1.807, 2.05) is 58.0 Å². The smallest absolute Gasteiger partial charge is 0.229 e. The van der Waals surface area contributed by atoms with Gasteiger partial charge in [-0.2, -0.15) is 8.61 Å². The third-order valence-corrected chi connectivity index (χ3v) is 18.0. The van der Waals surface area contributed by atoms with Gasteiger partial charge in [0.25, 0.3) is 0 Å². The number of fused-ring (bicyclic) bond motifs is 4. The standard InChI is InChI=1S/C21H26N4O5S.C21H24N4O4S.C4H8O/c1-12-20(23-11-24-21(12)30-19-4-3-7-22-13(19)2)29-15-8-14-9-18(26)17(10-15)25(14)31(27,28)16-5-6-16;1-13-20(23-12-24-21(13)29-19-4-3-9-22-14(19)2)28-17-10-15-5-6-16(11-17)25(15)30(26,27)18-7-8-18;1-2-4-5-3-1/h3-4,7,11,14-18,26H,5-6,8-10H2,1-2H3;3-6,9,12,15-18H,7-8,10-11H2,1-2H3;1-4H2/t14?,15-,17?,18?;;/m0../s1. The number of sulfonamides is 2. The van der Waals surface area contributed by atoms with E-state index in [-0.39, 0.29) is 40.8 Å². The highest BCUT2D eigenvalue weighted by molar-refractivity contribution is 7.90. The number of hydrogen-bond donors (Lipinski definition) is 1. The Morgan fingerprint density at radius 3 is 1.52 bits per heavy atom. The molecule has 4 aromatic heterocycles. The second-order valence-electron chi connectivity index (χ2n) is 18.0. The van der Waals surface area contributed by atoms with Crippen LogP contribution in [0.3, 0.4) is 0 Å². The van der Waals surface area contributed by atoms with E-state index in [1.165, 1.54) is 25.5 Å². The van der Waals surface area contributed by atoms with Gasteiger partial charge in [-0.3, -0.25) is 9.97 Å². The monoisotopic (exact) mass is 946 g/mol. The van der Waals surface area contributed by atoms with Crippen molar-refractivity contribution >= 4 is 20.0 Å². The molecule has 5 unspecified atom stereocenters. The van der Waals surface area contributed by atoms with Gasteiger partial charge in [0, 0.05) is 69.4 Å². The summed E-state index contributed by atoms with van der Waals surface area (Å²) in [6, 6.07) is 6.29. The molecule has 9 heterocycles. The average molecular weight is 947 g/mol. The highest BCUT2D eigenvalue weighted by Gasteiger charge is 2.55. The number of ether oxygens (including phenoxy) is 5. The number of nitrogens with zero attached hydrogens (tertiary/aromatic N) is 8. The van der Waals surface area contributed by atoms with Crippen molar-refractivity contribution in [3.05, 3.63) is 84.0 Å². The van der Waals surface area contributed by atoms with Gasteiger partial charge in [-0.1, -0.05) is 12.2 Å². The molecule has 0 radical (unpaired) electrons. The van der Waals surface area contributed by atoms with Crippen molar-refractivity contribution in [2.24, 2.45) is 0 Å². The van der Waals surface area contributed by atoms with Crippen molar-refractivity contribution < 1.29 is 45.6 Å². The summed E-state index contributed by atoms with van der Waals surface area (Å²) >= 11 is 0. The minimum absolute atomic E-state index is 0.123. The fraction of sp³-hybridized carbons (Fsp3) is 0.565. The molecule has 0 amide bonds. The van der Waals surface area contributed by atoms with E-state index in [1.54, 1.807) is 27.1 Å². The summed E-state index contributed by atoms with van der Waals surface area (Å²) in [6.07, 6.45) is 17.4. The molecule has 0 aromatic carbocycles. The highest BCUT2D eigenvalue weighted by Crippen LogP contribution is 2.45. The largest absolute Gasteiger partial charge is 0.474 e. The third-order valence-electron chi connectivity index (χ3n) is 13.1. The van der Waals surface area contributed by atoms with Gasteiger partial charge in [0.05, 0.1) is 45.2 Å². The van der Waals surface area contributed by atoms with Gasteiger partial charge in [-0.05, 0) is 96.9 Å². The van der Waals surface area contributed by atoms with Crippen LogP contribution in [0.15, 0.2) is 61.5 Å². The second-order valence-corrected chi connectivity index (χ2v) is 22.3. The quantitative estimate of drug-likeness (QED) is 0.165. The number of hydrogen-bond acceptors (Lipinski definition) is 16. The van der Waals surface area contributed by atoms with Crippen molar-refractivity contribution in [1.82, 2.24) is 38.5 Å². The van der Waals surface area contributed by atoms with Crippen molar-refractivity contribution in [3.63, 3.8) is 0 Å². The lowest BCUT2D eigenvalue weighted by Crippen LogP contribution is -2.51. The van der Waals surface area contributed by atoms with E-state index in [2.05, 4.69) is 29.9 Å². The lowest BCUT2D eigenvalue weighted by molar-refractivity contribution is 0.0645. The molecule has 354 valence electrons. The number of aryl methyl sites for hydroxylation is 2. The first-order valence-corrected chi connectivity index (χ1v) is 25.9. The number of aliphatic hydroxyl groups is 1. The zero-order valence-corrected chi connectivity index (χ0v) is 39.3. The Morgan fingerprint density at radius 1 is 0.606 bits per heavy atom. The van der Waals surface area contributed by atoms with Crippen molar-refractivity contribution in [2.45, 2.75) is 151 Å². The fourth-order valence-corrected chi connectivity index (χ4v) is 13.7. The van der Waals surface area contributed by atoms with E-state index in [0.29, 0.717) is 91.1 Å². The van der Waals surface area contributed by atoms with Crippen LogP contribution in [0.1, 0.15) is 93.1 Å². The summed E-state index contributed by atoms with van der Waals surface area (Å²) in [6.45, 7) is 9.41. The maximum absolute atomic E-state index is 12.9. The molecule has 4 saturated heterocycles. The molecule has 5 aliphatic heterocycles. The van der Waals surface area contributed by atoms with Crippen LogP contribution in [-0.4, -0.2) is 127 Å². The average Bonchev–Trinajstić information content (AvgIpc) is 4.23. The summed E-state index contributed by atoms with van der Waals surface area (Å²) in [5.41, 5.74) is 2.88. The number of piperidine rings is 2. The third kappa shape index (κ3) is 10.0. The van der Waals surface area contributed by atoms with Gasteiger partial charge < -0.3 is 28.8 Å². The maximum Gasteiger partial charge on any atom is 0.229 e. The zero-order valence-electron chi connectivity index (χ0n) is 37.7. The molecule has 20 heteroatoms. The molecular formula is C46H58N8O10S2. The van der Waals surface area contributed by atoms with Gasteiger partial charge >= 0.3 is 0 Å². The fourth-order valence-electron chi connectivity index (χ4n) is 9.29. The molecule has 4 aromatic rings. The summed E-state index contributed by atoms with van der Waals surface area (Å²) in [7, 11) is -6.55. The Morgan fingerprint density at radius 2 is 1.08 bits per heavy atom. The Bertz CT molecular complexity index is 2610. The number of pyridine rings is 2. The van der Waals surface area contributed by atoms with E-state index < -0.39 is 32.2 Å². The van der Waals surface area contributed by atoms with E-state index in [4.69, 9.17) is 23.7 Å². The predicted molar refractivity (Wildman–Crippen MR) is 241 cm³/mol. The normalized spacial score (nSPS) is 27.0. The van der Waals surface area contributed by atoms with Crippen molar-refractivity contribution in [1.29, 1.82) is 0 Å². The van der Waals surface area contributed by atoms with Gasteiger partial charge in [-0.25, -0.2) is 36.8 Å². The van der Waals surface area contributed by atoms with E-state index in [9.17, 15) is 21.9 Å². The summed E-state index contributed by atoms with van der Waals surface area (Å²) in [5.74, 6) is 2.92. The molecule has 2 saturated carbocycles. The predicted octanol–water partition coefficient (Wildman–Crippen LogP) is 5.84. The Kier molecular flexibility index (Phi) is 13.6. The Labute approximate surface area is 386 Å². The molecule has 1 N–H and O–H groups in total. The summed E-state index contributed by atoms with van der Waals surface area (Å²) in [4.78, 5) is 25.5. The van der Waals surface area contributed by atoms with Crippen LogP contribution in [0, 0.1) is 27.7 Å². The molecule has 4 bridgehead atoms. The molecule has 11 rings (SSSR count). The molecule has 2 aliphatic carbocycles. The first-order valence-electron chi connectivity index (χ1n) is 22.9. The Hall–Kier alpha value is -4.86. The van der Waals surface area contributed by atoms with Crippen LogP contribution in [0.2, 0.25) is 0 Å². The van der Waals surface area contributed by atoms with Crippen LogP contribution in [0.5, 0.6) is 35.0 Å². The molecule has 18 nitrogen and oxygen atoms in total. The van der Waals surface area contributed by atoms with Gasteiger partial charge in [-0.15, -0.1) is 0 Å². The van der Waals surface area contributed by atoms with Crippen molar-refractivity contribution in [3.8, 4) is 35.0 Å². The number of rotatable bonds is 12. The summed E-state index contributed by atoms with van der Waals surface area (Å²) < 4.78 is 83.7. The second kappa shape index (κ2) is 19.4. The molecule has 7 aliphatic rings. The van der Waals surface area contributed by atoms with E-state index in [0.717, 1.165) is 37.4 Å². The molecule has 6 fully saturated rings. The maximum atomic E-state index is 12.9. The number of aliphatic hydroxyl groups excluding tert-OH is 1. The van der Waals surface area contributed by atoms with Gasteiger partial charge in [0.2, 0.25) is 43.6 Å². The minimum atomic E-state index is -3.34. The van der Waals surface area contributed by atoms with Gasteiger partial charge in [0.1, 0.15) is 24.9 Å². The summed E-state index contributed by atoms with van der Waals surface area (Å²) in [5, 5.41) is 10.0. The van der Waals surface area contributed by atoms with Crippen LogP contribution in [0.25, 0.3) is 0 Å². The minimum Gasteiger partial charge on any atom is -0.474 e. The Balaban J connectivity index is 0.000000150. The molecular weight excluding hydrogens is 889 g/mol. The van der Waals surface area contributed by atoms with Crippen LogP contribution < -0.4 is 18.9 Å². The molecule has 66 heavy (non-hydrogen) atoms. The lowest BCUT2D eigenvalue weighted by Gasteiger charge is -2.38. The first-order chi connectivity index (χ1) is 31.8. The van der Waals surface area contributed by atoms with Crippen LogP contribution in [0.4, 0.5) is 0 Å². The highest BCUT2D eigenvalue weighted by atomic mass is 32.2. The topological polar surface area (TPSA) is 218 Å². The molecule has 6 atom stereocenters. The van der Waals surface area contributed by atoms with Crippen LogP contribution >= 0.6 is 0 Å². The SMILES string of the molecule is C1CCOC1.Cc1ncccc1Oc1ncnc(OC2CC3C=CC(C2)N3S(=O)(=O)C2CC2)c1C.Cc1ncccc1Oc1ncnc(O[C@H]2CC3CC(O)C(C2)N3S(=O)(=O)C2CC2)c1C. The van der Waals surface area contributed by atoms with E-state index >= 15 is 0 Å². The van der Waals surface area contributed by atoms with Crippen molar-refractivity contribution in [2.75, 3.05) is 13.2 Å². The van der Waals surface area contributed by atoms with Gasteiger partial charge in [0.15, 0.2) is 11.5 Å². The number of aromatic nitrogens is 6.